The minimum atomic E-state index is 0.0810. The second-order valence-corrected chi connectivity index (χ2v) is 8.24. The molecule has 6 nitrogen and oxygen atoms in total. The fraction of sp³-hybridized carbons (Fsp3) is 0.333. The monoisotopic (exact) mass is 399 g/mol. The van der Waals surface area contributed by atoms with Crippen molar-refractivity contribution in [1.82, 2.24) is 24.9 Å². The molecule has 2 heterocycles. The summed E-state index contributed by atoms with van der Waals surface area (Å²) in [6, 6.07) is 18.2. The van der Waals surface area contributed by atoms with Crippen LogP contribution in [0.3, 0.4) is 0 Å². The quantitative estimate of drug-likeness (QED) is 0.505. The van der Waals surface area contributed by atoms with Gasteiger partial charge in [-0.2, -0.15) is 4.52 Å². The smallest absolute Gasteiger partial charge is 0.254 e. The summed E-state index contributed by atoms with van der Waals surface area (Å²) in [6.45, 7) is 2.59. The molecule has 1 saturated carbocycles. The van der Waals surface area contributed by atoms with Gasteiger partial charge in [-0.15, -0.1) is 5.10 Å². The van der Waals surface area contributed by atoms with E-state index in [4.69, 9.17) is 0 Å². The van der Waals surface area contributed by atoms with E-state index in [1.54, 1.807) is 4.52 Å². The summed E-state index contributed by atoms with van der Waals surface area (Å²) in [5.74, 6) is 0.0810. The first-order valence-corrected chi connectivity index (χ1v) is 10.7. The summed E-state index contributed by atoms with van der Waals surface area (Å²) in [6.07, 6.45) is 5.68. The molecule has 0 N–H and O–H groups in total. The standard InChI is InChI=1S/C24H25N5O/c1-17-12-13-22-19(14-17)15-20(23-25-26-27-29(22)23)16-28(21-10-6-3-7-11-21)24(30)18-8-4-2-5-9-18/h2,4-5,8-9,12-15,21H,3,6-7,10-11,16H2,1H3. The number of carbonyl (C=O) groups excluding carboxylic acids is 1. The number of nitrogens with zero attached hydrogens (tertiary/aromatic N) is 5. The van der Waals surface area contributed by atoms with Gasteiger partial charge in [0.15, 0.2) is 5.65 Å². The summed E-state index contributed by atoms with van der Waals surface area (Å²) >= 11 is 0. The molecule has 2 aromatic carbocycles. The van der Waals surface area contributed by atoms with Crippen LogP contribution in [0.25, 0.3) is 16.6 Å². The Bertz CT molecular complexity index is 1190. The maximum Gasteiger partial charge on any atom is 0.254 e. The minimum absolute atomic E-state index is 0.0810. The molecule has 0 aliphatic heterocycles. The Morgan fingerprint density at radius 2 is 1.87 bits per heavy atom. The zero-order valence-corrected chi connectivity index (χ0v) is 17.2. The summed E-state index contributed by atoms with van der Waals surface area (Å²) < 4.78 is 1.79. The van der Waals surface area contributed by atoms with Gasteiger partial charge >= 0.3 is 0 Å². The first kappa shape index (κ1) is 18.7. The van der Waals surface area contributed by atoms with E-state index in [2.05, 4.69) is 40.6 Å². The van der Waals surface area contributed by atoms with E-state index in [1.807, 2.05) is 41.3 Å². The van der Waals surface area contributed by atoms with Crippen LogP contribution in [-0.2, 0) is 6.54 Å². The summed E-state index contributed by atoms with van der Waals surface area (Å²) in [5.41, 5.74) is 4.59. The highest BCUT2D eigenvalue weighted by Gasteiger charge is 2.27. The van der Waals surface area contributed by atoms with Crippen molar-refractivity contribution in [3.05, 3.63) is 71.3 Å². The fourth-order valence-electron chi connectivity index (χ4n) is 4.59. The van der Waals surface area contributed by atoms with Crippen LogP contribution in [0.15, 0.2) is 54.6 Å². The van der Waals surface area contributed by atoms with E-state index in [9.17, 15) is 4.79 Å². The van der Waals surface area contributed by atoms with Crippen molar-refractivity contribution in [2.75, 3.05) is 0 Å². The largest absolute Gasteiger partial charge is 0.331 e. The number of carbonyl (C=O) groups is 1. The fourth-order valence-corrected chi connectivity index (χ4v) is 4.59. The van der Waals surface area contributed by atoms with E-state index < -0.39 is 0 Å². The molecule has 0 bridgehead atoms. The second kappa shape index (κ2) is 7.86. The molecule has 6 heteroatoms. The Kier molecular flexibility index (Phi) is 4.91. The first-order valence-electron chi connectivity index (χ1n) is 10.7. The van der Waals surface area contributed by atoms with Crippen LogP contribution >= 0.6 is 0 Å². The Morgan fingerprint density at radius 1 is 1.07 bits per heavy atom. The molecule has 0 atom stereocenters. The van der Waals surface area contributed by atoms with E-state index >= 15 is 0 Å². The van der Waals surface area contributed by atoms with Crippen molar-refractivity contribution < 1.29 is 4.79 Å². The SMILES string of the molecule is Cc1ccc2c(c1)cc(CN(C(=O)c1ccccc1)C1CCCCC1)c1nnnn12. The molecule has 1 aliphatic rings. The number of aromatic nitrogens is 4. The lowest BCUT2D eigenvalue weighted by molar-refractivity contribution is 0.0615. The topological polar surface area (TPSA) is 63.4 Å². The van der Waals surface area contributed by atoms with E-state index in [0.29, 0.717) is 12.2 Å². The highest BCUT2D eigenvalue weighted by molar-refractivity contribution is 5.94. The maximum absolute atomic E-state index is 13.5. The number of rotatable bonds is 4. The Morgan fingerprint density at radius 3 is 2.67 bits per heavy atom. The lowest BCUT2D eigenvalue weighted by Gasteiger charge is -2.34. The van der Waals surface area contributed by atoms with Crippen molar-refractivity contribution in [2.24, 2.45) is 0 Å². The van der Waals surface area contributed by atoms with Gasteiger partial charge in [-0.05, 0) is 60.5 Å². The van der Waals surface area contributed by atoms with Crippen LogP contribution in [-0.4, -0.2) is 36.9 Å². The zero-order chi connectivity index (χ0) is 20.5. The zero-order valence-electron chi connectivity index (χ0n) is 17.2. The molecule has 0 saturated heterocycles. The van der Waals surface area contributed by atoms with Crippen LogP contribution in [0.4, 0.5) is 0 Å². The third-order valence-corrected chi connectivity index (χ3v) is 6.14. The van der Waals surface area contributed by atoms with Crippen molar-refractivity contribution in [3.63, 3.8) is 0 Å². The predicted molar refractivity (Wildman–Crippen MR) is 116 cm³/mol. The lowest BCUT2D eigenvalue weighted by atomic mass is 9.93. The van der Waals surface area contributed by atoms with Gasteiger partial charge in [0, 0.05) is 22.6 Å². The number of amides is 1. The molecule has 2 aromatic heterocycles. The van der Waals surface area contributed by atoms with Crippen molar-refractivity contribution in [2.45, 2.75) is 51.6 Å². The van der Waals surface area contributed by atoms with Gasteiger partial charge in [-0.1, -0.05) is 49.1 Å². The van der Waals surface area contributed by atoms with E-state index in [1.165, 1.54) is 24.8 Å². The third-order valence-electron chi connectivity index (χ3n) is 6.14. The Hall–Kier alpha value is -3.28. The maximum atomic E-state index is 13.5. The summed E-state index contributed by atoms with van der Waals surface area (Å²) in [7, 11) is 0. The average Bonchev–Trinajstić information content (AvgIpc) is 3.28. The highest BCUT2D eigenvalue weighted by atomic mass is 16.2. The van der Waals surface area contributed by atoms with Gasteiger partial charge in [0.1, 0.15) is 0 Å². The van der Waals surface area contributed by atoms with Crippen LogP contribution in [0.5, 0.6) is 0 Å². The molecule has 4 aromatic rings. The number of tetrazole rings is 1. The molecule has 1 aliphatic carbocycles. The predicted octanol–water partition coefficient (Wildman–Crippen LogP) is 4.56. The summed E-state index contributed by atoms with van der Waals surface area (Å²) in [5, 5.41) is 13.5. The van der Waals surface area contributed by atoms with Gasteiger partial charge in [-0.3, -0.25) is 4.79 Å². The van der Waals surface area contributed by atoms with Crippen LogP contribution in [0.1, 0.15) is 53.6 Å². The molecule has 0 radical (unpaired) electrons. The minimum Gasteiger partial charge on any atom is -0.331 e. The molecule has 0 unspecified atom stereocenters. The lowest BCUT2D eigenvalue weighted by Crippen LogP contribution is -2.41. The number of hydrogen-bond acceptors (Lipinski definition) is 4. The number of benzene rings is 2. The van der Waals surface area contributed by atoms with Gasteiger partial charge in [0.2, 0.25) is 0 Å². The third kappa shape index (κ3) is 3.43. The summed E-state index contributed by atoms with van der Waals surface area (Å²) in [4.78, 5) is 15.5. The normalized spacial score (nSPS) is 15.0. The van der Waals surface area contributed by atoms with Crippen LogP contribution in [0.2, 0.25) is 0 Å². The number of hydrogen-bond donors (Lipinski definition) is 0. The average molecular weight is 399 g/mol. The van der Waals surface area contributed by atoms with Crippen molar-refractivity contribution >= 4 is 22.5 Å². The Balaban J connectivity index is 1.59. The number of aryl methyl sites for hydroxylation is 1. The Labute approximate surface area is 175 Å². The van der Waals surface area contributed by atoms with Gasteiger partial charge in [0.05, 0.1) is 12.1 Å². The second-order valence-electron chi connectivity index (χ2n) is 8.24. The van der Waals surface area contributed by atoms with E-state index in [0.717, 1.165) is 34.9 Å². The van der Waals surface area contributed by atoms with Crippen LogP contribution in [0, 0.1) is 6.92 Å². The van der Waals surface area contributed by atoms with E-state index in [-0.39, 0.29) is 11.9 Å². The first-order chi connectivity index (χ1) is 14.7. The number of pyridine rings is 1. The molecule has 152 valence electrons. The van der Waals surface area contributed by atoms with Crippen molar-refractivity contribution in [1.29, 1.82) is 0 Å². The molecule has 30 heavy (non-hydrogen) atoms. The van der Waals surface area contributed by atoms with Gasteiger partial charge in [-0.25, -0.2) is 0 Å². The molecule has 1 fully saturated rings. The van der Waals surface area contributed by atoms with Crippen molar-refractivity contribution in [3.8, 4) is 0 Å². The molecular formula is C24H25N5O. The molecule has 1 amide bonds. The highest BCUT2D eigenvalue weighted by Crippen LogP contribution is 2.28. The van der Waals surface area contributed by atoms with Crippen LogP contribution < -0.4 is 0 Å². The molecular weight excluding hydrogens is 374 g/mol. The molecule has 5 rings (SSSR count). The number of fused-ring (bicyclic) bond motifs is 3. The van der Waals surface area contributed by atoms with Gasteiger partial charge < -0.3 is 4.90 Å². The van der Waals surface area contributed by atoms with Gasteiger partial charge in [0.25, 0.3) is 5.91 Å². The molecule has 0 spiro atoms.